The lowest BCUT2D eigenvalue weighted by Crippen LogP contribution is -2.48. The van der Waals surface area contributed by atoms with Gasteiger partial charge in [0.25, 0.3) is 0 Å². The van der Waals surface area contributed by atoms with Crippen molar-refractivity contribution in [1.82, 2.24) is 20.4 Å². The molecule has 8 nitrogen and oxygen atoms in total. The van der Waals surface area contributed by atoms with Gasteiger partial charge in [-0.05, 0) is 46.5 Å². The highest BCUT2D eigenvalue weighted by atomic mass is 16.6. The van der Waals surface area contributed by atoms with Crippen LogP contribution in [0.4, 0.5) is 4.79 Å². The quantitative estimate of drug-likeness (QED) is 0.716. The summed E-state index contributed by atoms with van der Waals surface area (Å²) in [5, 5.41) is 7.24. The van der Waals surface area contributed by atoms with Gasteiger partial charge in [-0.3, -0.25) is 4.79 Å². The minimum absolute atomic E-state index is 0.0132. The van der Waals surface area contributed by atoms with Crippen LogP contribution in [-0.2, 0) is 9.53 Å². The first-order valence-electron chi connectivity index (χ1n) is 12.0. The standard InChI is InChI=1S/C25H34N4O4/c1-25(2,3)32-24(31)29-14-10-5-4-9-13-26-22(30)19-15-18(16-20(19)29)23-27-21(28-33-23)17-11-7-6-8-12-17/h6-8,11-12,18-20H,4-5,9-10,13-16H2,1-3H3,(H,26,30). The van der Waals surface area contributed by atoms with Crippen LogP contribution in [0.15, 0.2) is 34.9 Å². The maximum atomic E-state index is 13.2. The number of nitrogens with one attached hydrogen (secondary N) is 1. The fraction of sp³-hybridized carbons (Fsp3) is 0.600. The zero-order valence-electron chi connectivity index (χ0n) is 19.8. The molecule has 1 aromatic carbocycles. The van der Waals surface area contributed by atoms with E-state index in [4.69, 9.17) is 9.26 Å². The van der Waals surface area contributed by atoms with Crippen molar-refractivity contribution in [3.05, 3.63) is 36.2 Å². The Morgan fingerprint density at radius 1 is 1.12 bits per heavy atom. The molecule has 178 valence electrons. The van der Waals surface area contributed by atoms with Crippen molar-refractivity contribution >= 4 is 12.0 Å². The Labute approximate surface area is 195 Å². The van der Waals surface area contributed by atoms with Crippen LogP contribution in [0.3, 0.4) is 0 Å². The molecule has 1 aliphatic carbocycles. The number of aromatic nitrogens is 2. The van der Waals surface area contributed by atoms with E-state index in [1.54, 1.807) is 4.90 Å². The van der Waals surface area contributed by atoms with Crippen LogP contribution in [0.1, 0.15) is 71.1 Å². The summed E-state index contributed by atoms with van der Waals surface area (Å²) in [5.74, 6) is 0.607. The molecule has 2 fully saturated rings. The van der Waals surface area contributed by atoms with Crippen LogP contribution in [0.25, 0.3) is 11.4 Å². The van der Waals surface area contributed by atoms with Gasteiger partial charge in [0.1, 0.15) is 5.60 Å². The molecular formula is C25H34N4O4. The molecule has 33 heavy (non-hydrogen) atoms. The van der Waals surface area contributed by atoms with Gasteiger partial charge in [-0.2, -0.15) is 4.98 Å². The number of hydrogen-bond acceptors (Lipinski definition) is 6. The van der Waals surface area contributed by atoms with Gasteiger partial charge in [0, 0.05) is 30.6 Å². The molecule has 2 amide bonds. The van der Waals surface area contributed by atoms with Crippen LogP contribution in [-0.4, -0.2) is 51.8 Å². The highest BCUT2D eigenvalue weighted by Crippen LogP contribution is 2.41. The Morgan fingerprint density at radius 2 is 1.88 bits per heavy atom. The summed E-state index contributed by atoms with van der Waals surface area (Å²) in [6, 6.07) is 9.40. The topological polar surface area (TPSA) is 97.6 Å². The predicted molar refractivity (Wildman–Crippen MR) is 123 cm³/mol. The van der Waals surface area contributed by atoms with E-state index in [1.807, 2.05) is 51.1 Å². The van der Waals surface area contributed by atoms with Gasteiger partial charge >= 0.3 is 6.09 Å². The summed E-state index contributed by atoms with van der Waals surface area (Å²) < 4.78 is 11.4. The number of hydrogen-bond donors (Lipinski definition) is 1. The number of fused-ring (bicyclic) bond motifs is 1. The first kappa shape index (κ1) is 23.3. The molecule has 1 aliphatic heterocycles. The highest BCUT2D eigenvalue weighted by Gasteiger charge is 2.46. The van der Waals surface area contributed by atoms with Gasteiger partial charge in [-0.15, -0.1) is 0 Å². The van der Waals surface area contributed by atoms with Gasteiger partial charge in [-0.25, -0.2) is 4.79 Å². The molecule has 2 aromatic rings. The summed E-state index contributed by atoms with van der Waals surface area (Å²) in [6.07, 6.45) is 4.68. The average molecular weight is 455 g/mol. The molecule has 0 spiro atoms. The van der Waals surface area contributed by atoms with E-state index >= 15 is 0 Å². The largest absolute Gasteiger partial charge is 0.444 e. The summed E-state index contributed by atoms with van der Waals surface area (Å²) in [6.45, 7) is 6.83. The second-order valence-electron chi connectivity index (χ2n) is 10.0. The fourth-order valence-corrected chi connectivity index (χ4v) is 4.77. The lowest BCUT2D eigenvalue weighted by molar-refractivity contribution is -0.126. The third-order valence-corrected chi connectivity index (χ3v) is 6.34. The second-order valence-corrected chi connectivity index (χ2v) is 10.0. The summed E-state index contributed by atoms with van der Waals surface area (Å²) in [5.41, 5.74) is 0.282. The molecule has 8 heteroatoms. The van der Waals surface area contributed by atoms with Crippen molar-refractivity contribution in [3.8, 4) is 11.4 Å². The highest BCUT2D eigenvalue weighted by molar-refractivity contribution is 5.81. The molecule has 1 N–H and O–H groups in total. The zero-order chi connectivity index (χ0) is 23.4. The molecule has 1 aromatic heterocycles. The van der Waals surface area contributed by atoms with E-state index < -0.39 is 5.60 Å². The summed E-state index contributed by atoms with van der Waals surface area (Å²) in [4.78, 5) is 32.7. The van der Waals surface area contributed by atoms with Crippen molar-refractivity contribution in [2.24, 2.45) is 5.92 Å². The Hall–Kier alpha value is -2.90. The van der Waals surface area contributed by atoms with Gasteiger partial charge in [-0.1, -0.05) is 48.3 Å². The Balaban J connectivity index is 1.59. The number of nitrogens with zero attached hydrogens (tertiary/aromatic N) is 3. The van der Waals surface area contributed by atoms with E-state index in [2.05, 4.69) is 15.5 Å². The first-order chi connectivity index (χ1) is 15.8. The number of carbonyl (C=O) groups is 2. The van der Waals surface area contributed by atoms with Crippen molar-refractivity contribution in [1.29, 1.82) is 0 Å². The second kappa shape index (κ2) is 9.93. The number of carbonyl (C=O) groups excluding carboxylic acids is 2. The lowest BCUT2D eigenvalue weighted by Gasteiger charge is -2.34. The van der Waals surface area contributed by atoms with Crippen LogP contribution in [0, 0.1) is 5.92 Å². The SMILES string of the molecule is CC(C)(C)OC(=O)N1CCCCCCNC(=O)C2CC(c3nc(-c4ccccc4)no3)CC21. The minimum Gasteiger partial charge on any atom is -0.444 e. The lowest BCUT2D eigenvalue weighted by atomic mass is 10.0. The van der Waals surface area contributed by atoms with E-state index in [1.165, 1.54) is 0 Å². The molecule has 3 unspecified atom stereocenters. The zero-order valence-corrected chi connectivity index (χ0v) is 19.8. The van der Waals surface area contributed by atoms with Gasteiger partial charge in [0.05, 0.1) is 5.92 Å². The number of rotatable bonds is 2. The maximum absolute atomic E-state index is 13.2. The molecule has 1 saturated heterocycles. The van der Waals surface area contributed by atoms with Crippen molar-refractivity contribution in [2.75, 3.05) is 13.1 Å². The monoisotopic (exact) mass is 454 g/mol. The van der Waals surface area contributed by atoms with Gasteiger partial charge in [0.2, 0.25) is 17.6 Å². The third-order valence-electron chi connectivity index (χ3n) is 6.34. The fourth-order valence-electron chi connectivity index (χ4n) is 4.77. The Morgan fingerprint density at radius 3 is 2.64 bits per heavy atom. The first-order valence-corrected chi connectivity index (χ1v) is 12.0. The minimum atomic E-state index is -0.601. The number of amides is 2. The van der Waals surface area contributed by atoms with Crippen molar-refractivity contribution in [2.45, 2.75) is 76.9 Å². The molecule has 0 radical (unpaired) electrons. The average Bonchev–Trinajstić information content (AvgIpc) is 3.42. The van der Waals surface area contributed by atoms with E-state index in [9.17, 15) is 9.59 Å². The maximum Gasteiger partial charge on any atom is 0.410 e. The molecule has 3 atom stereocenters. The van der Waals surface area contributed by atoms with Crippen molar-refractivity contribution in [3.63, 3.8) is 0 Å². The van der Waals surface area contributed by atoms with E-state index in [-0.39, 0.29) is 29.9 Å². The number of ether oxygens (including phenoxy) is 1. The van der Waals surface area contributed by atoms with Crippen molar-refractivity contribution < 1.29 is 18.8 Å². The smallest absolute Gasteiger partial charge is 0.410 e. The van der Waals surface area contributed by atoms with Crippen LogP contribution >= 0.6 is 0 Å². The molecule has 2 heterocycles. The number of benzene rings is 1. The molecule has 4 rings (SSSR count). The Kier molecular flexibility index (Phi) is 7.00. The third kappa shape index (κ3) is 5.72. The molecule has 0 bridgehead atoms. The van der Waals surface area contributed by atoms with E-state index in [0.29, 0.717) is 37.6 Å². The summed E-state index contributed by atoms with van der Waals surface area (Å²) in [7, 11) is 0. The molecule has 1 saturated carbocycles. The molecular weight excluding hydrogens is 420 g/mol. The predicted octanol–water partition coefficient (Wildman–Crippen LogP) is 4.53. The van der Waals surface area contributed by atoms with Crippen LogP contribution < -0.4 is 5.32 Å². The van der Waals surface area contributed by atoms with E-state index in [0.717, 1.165) is 31.2 Å². The van der Waals surface area contributed by atoms with Crippen LogP contribution in [0.2, 0.25) is 0 Å². The normalized spacial score (nSPS) is 24.5. The van der Waals surface area contributed by atoms with Gasteiger partial charge < -0.3 is 19.5 Å². The summed E-state index contributed by atoms with van der Waals surface area (Å²) >= 11 is 0. The Bertz CT molecular complexity index is 953. The molecule has 2 aliphatic rings. The van der Waals surface area contributed by atoms with Crippen LogP contribution in [0.5, 0.6) is 0 Å². The van der Waals surface area contributed by atoms with Gasteiger partial charge in [0.15, 0.2) is 0 Å².